The number of hydrogen-bond acceptors (Lipinski definition) is 4. The molecule has 3 fully saturated rings. The van der Waals surface area contributed by atoms with Crippen LogP contribution in [0.3, 0.4) is 0 Å². The Morgan fingerprint density at radius 2 is 1.59 bits per heavy atom. The number of carboxylic acid groups (broad SMARTS) is 1. The minimum absolute atomic E-state index is 0.140. The third-order valence-corrected chi connectivity index (χ3v) is 8.50. The topological polar surface area (TPSA) is 60.9 Å². The zero-order valence-electron chi connectivity index (χ0n) is 20.8. The lowest BCUT2D eigenvalue weighted by molar-refractivity contribution is -0.192. The van der Waals surface area contributed by atoms with E-state index in [9.17, 15) is 18.0 Å². The van der Waals surface area contributed by atoms with Gasteiger partial charge in [0.15, 0.2) is 0 Å². The fraction of sp³-hybridized carbons (Fsp3) is 0.692. The van der Waals surface area contributed by atoms with Crippen molar-refractivity contribution in [3.05, 3.63) is 29.8 Å². The van der Waals surface area contributed by atoms with Crippen molar-refractivity contribution in [3.63, 3.8) is 0 Å². The molecule has 2 atom stereocenters. The average Bonchev–Trinajstić information content (AvgIpc) is 3.19. The van der Waals surface area contributed by atoms with Gasteiger partial charge >= 0.3 is 12.1 Å². The summed E-state index contributed by atoms with van der Waals surface area (Å²) in [6.45, 7) is 14.9. The number of halogens is 3. The summed E-state index contributed by atoms with van der Waals surface area (Å²) in [5, 5.41) is 7.12. The highest BCUT2D eigenvalue weighted by molar-refractivity contribution is 5.88. The Bertz CT molecular complexity index is 882. The zero-order valence-corrected chi connectivity index (χ0v) is 20.8. The molecule has 0 spiro atoms. The van der Waals surface area contributed by atoms with Crippen molar-refractivity contribution in [2.75, 3.05) is 24.5 Å². The standard InChI is InChI=1S/C24H36N2O.C2HF3O2/c1-17-7-6-13-26(17)20-12-14-25(16-20)19-10-8-18(9-11-19)15-21(27)22-23(2,3)24(22,4)5;3-2(4,5)1(6)7/h8-11,17,20,22H,6-7,12-16H2,1-5H3;(H,6,7). The van der Waals surface area contributed by atoms with Crippen molar-refractivity contribution >= 4 is 17.4 Å². The van der Waals surface area contributed by atoms with Crippen LogP contribution in [0, 0.1) is 16.7 Å². The molecule has 1 aliphatic carbocycles. The molecule has 34 heavy (non-hydrogen) atoms. The molecule has 2 heterocycles. The number of carbonyl (C=O) groups excluding carboxylic acids is 1. The molecule has 190 valence electrons. The number of Topliss-reactive ketones (excluding diaryl/α,β-unsaturated/α-hetero) is 1. The van der Waals surface area contributed by atoms with E-state index in [-0.39, 0.29) is 16.7 Å². The summed E-state index contributed by atoms with van der Waals surface area (Å²) in [5.74, 6) is -2.15. The Hall–Kier alpha value is -2.09. The van der Waals surface area contributed by atoms with Crippen LogP contribution in [0.15, 0.2) is 24.3 Å². The van der Waals surface area contributed by atoms with Gasteiger partial charge in [-0.1, -0.05) is 39.8 Å². The SMILES string of the molecule is CC1CCCN1C1CCN(c2ccc(CC(=O)C3C(C)(C)C3(C)C)cc2)C1.O=C(O)C(F)(F)F. The number of carbonyl (C=O) groups is 2. The summed E-state index contributed by atoms with van der Waals surface area (Å²) >= 11 is 0. The number of benzene rings is 1. The second kappa shape index (κ2) is 9.51. The molecule has 1 N–H and O–H groups in total. The molecular formula is C26H37F3N2O3. The fourth-order valence-corrected chi connectivity index (χ4v) is 5.87. The van der Waals surface area contributed by atoms with Crippen LogP contribution in [0.1, 0.15) is 59.4 Å². The number of hydrogen-bond donors (Lipinski definition) is 1. The van der Waals surface area contributed by atoms with E-state index in [4.69, 9.17) is 9.90 Å². The molecule has 5 nitrogen and oxygen atoms in total. The highest BCUT2D eigenvalue weighted by Crippen LogP contribution is 2.68. The van der Waals surface area contributed by atoms with Gasteiger partial charge in [-0.25, -0.2) is 4.79 Å². The van der Waals surface area contributed by atoms with Crippen LogP contribution in [0.4, 0.5) is 18.9 Å². The first-order valence-electron chi connectivity index (χ1n) is 12.1. The summed E-state index contributed by atoms with van der Waals surface area (Å²) in [6, 6.07) is 10.2. The Morgan fingerprint density at radius 1 is 1.03 bits per heavy atom. The van der Waals surface area contributed by atoms with Gasteiger partial charge in [0.1, 0.15) is 5.78 Å². The maximum absolute atomic E-state index is 12.8. The predicted octanol–water partition coefficient (Wildman–Crippen LogP) is 5.18. The van der Waals surface area contributed by atoms with E-state index in [1.807, 2.05) is 0 Å². The van der Waals surface area contributed by atoms with E-state index >= 15 is 0 Å². The molecule has 1 aromatic carbocycles. The molecule has 8 heteroatoms. The number of carboxylic acids is 1. The van der Waals surface area contributed by atoms with Gasteiger partial charge in [-0.05, 0) is 61.3 Å². The number of nitrogens with zero attached hydrogens (tertiary/aromatic N) is 2. The van der Waals surface area contributed by atoms with Crippen molar-refractivity contribution in [1.29, 1.82) is 0 Å². The molecule has 4 rings (SSSR count). The number of ketones is 1. The smallest absolute Gasteiger partial charge is 0.475 e. The van der Waals surface area contributed by atoms with Crippen molar-refractivity contribution < 1.29 is 27.9 Å². The summed E-state index contributed by atoms with van der Waals surface area (Å²) in [6.07, 6.45) is -0.523. The molecule has 1 saturated carbocycles. The maximum Gasteiger partial charge on any atom is 0.490 e. The number of anilines is 1. The second-order valence-electron chi connectivity index (χ2n) is 11.1. The van der Waals surface area contributed by atoms with E-state index in [1.165, 1.54) is 31.5 Å². The largest absolute Gasteiger partial charge is 0.490 e. The van der Waals surface area contributed by atoms with Gasteiger partial charge in [0.05, 0.1) is 0 Å². The Balaban J connectivity index is 0.000000406. The third-order valence-electron chi connectivity index (χ3n) is 8.50. The molecule has 2 aliphatic heterocycles. The Kier molecular flexibility index (Phi) is 7.42. The molecule has 0 bridgehead atoms. The molecule has 0 radical (unpaired) electrons. The van der Waals surface area contributed by atoms with Gasteiger partial charge in [0.2, 0.25) is 0 Å². The third kappa shape index (κ3) is 5.42. The number of likely N-dealkylation sites (tertiary alicyclic amines) is 1. The summed E-state index contributed by atoms with van der Waals surface area (Å²) in [7, 11) is 0. The number of aliphatic carboxylic acids is 1. The zero-order chi connectivity index (χ0) is 25.5. The van der Waals surface area contributed by atoms with Crippen LogP contribution in [-0.2, 0) is 16.0 Å². The summed E-state index contributed by atoms with van der Waals surface area (Å²) < 4.78 is 31.7. The molecular weight excluding hydrogens is 445 g/mol. The van der Waals surface area contributed by atoms with Crippen molar-refractivity contribution in [1.82, 2.24) is 4.90 Å². The molecule has 3 aliphatic rings. The monoisotopic (exact) mass is 482 g/mol. The van der Waals surface area contributed by atoms with Crippen LogP contribution in [0.25, 0.3) is 0 Å². The van der Waals surface area contributed by atoms with Crippen molar-refractivity contribution in [3.8, 4) is 0 Å². The first-order chi connectivity index (χ1) is 15.7. The highest BCUT2D eigenvalue weighted by Gasteiger charge is 2.67. The summed E-state index contributed by atoms with van der Waals surface area (Å²) in [5.41, 5.74) is 2.75. The minimum Gasteiger partial charge on any atom is -0.475 e. The lowest BCUT2D eigenvalue weighted by Crippen LogP contribution is -2.39. The number of rotatable bonds is 5. The van der Waals surface area contributed by atoms with Gasteiger partial charge in [-0.15, -0.1) is 0 Å². The molecule has 0 amide bonds. The van der Waals surface area contributed by atoms with Gasteiger partial charge in [0, 0.05) is 43.2 Å². The van der Waals surface area contributed by atoms with Gasteiger partial charge < -0.3 is 10.0 Å². The molecule has 2 unspecified atom stereocenters. The van der Waals surface area contributed by atoms with Crippen LogP contribution in [-0.4, -0.2) is 59.7 Å². The van der Waals surface area contributed by atoms with E-state index < -0.39 is 12.1 Å². The second-order valence-corrected chi connectivity index (χ2v) is 11.1. The van der Waals surface area contributed by atoms with Crippen molar-refractivity contribution in [2.24, 2.45) is 16.7 Å². The van der Waals surface area contributed by atoms with E-state index in [2.05, 4.69) is 68.7 Å². The molecule has 2 saturated heterocycles. The van der Waals surface area contributed by atoms with Crippen LogP contribution in [0.2, 0.25) is 0 Å². The quantitative estimate of drug-likeness (QED) is 0.627. The fourth-order valence-electron chi connectivity index (χ4n) is 5.87. The van der Waals surface area contributed by atoms with Crippen molar-refractivity contribution in [2.45, 2.75) is 78.6 Å². The minimum atomic E-state index is -5.08. The van der Waals surface area contributed by atoms with E-state index in [0.29, 0.717) is 18.2 Å². The predicted molar refractivity (Wildman–Crippen MR) is 126 cm³/mol. The van der Waals surface area contributed by atoms with Crippen LogP contribution >= 0.6 is 0 Å². The number of alkyl halides is 3. The van der Waals surface area contributed by atoms with E-state index in [0.717, 1.165) is 24.7 Å². The maximum atomic E-state index is 12.8. The molecule has 0 aromatic heterocycles. The van der Waals surface area contributed by atoms with Crippen LogP contribution < -0.4 is 4.90 Å². The first-order valence-corrected chi connectivity index (χ1v) is 12.1. The van der Waals surface area contributed by atoms with Gasteiger partial charge in [0.25, 0.3) is 0 Å². The summed E-state index contributed by atoms with van der Waals surface area (Å²) in [4.78, 5) is 26.9. The van der Waals surface area contributed by atoms with E-state index in [1.54, 1.807) is 0 Å². The van der Waals surface area contributed by atoms with Crippen LogP contribution in [0.5, 0.6) is 0 Å². The average molecular weight is 483 g/mol. The van der Waals surface area contributed by atoms with Gasteiger partial charge in [-0.3, -0.25) is 9.69 Å². The lowest BCUT2D eigenvalue weighted by Gasteiger charge is -2.28. The lowest BCUT2D eigenvalue weighted by atomic mass is 10.0. The first kappa shape index (κ1) is 26.5. The normalized spacial score (nSPS) is 26.2. The highest BCUT2D eigenvalue weighted by atomic mass is 19.4. The Labute approximate surface area is 200 Å². The molecule has 1 aromatic rings. The van der Waals surface area contributed by atoms with Gasteiger partial charge in [-0.2, -0.15) is 13.2 Å². The Morgan fingerprint density at radius 3 is 2.03 bits per heavy atom.